The second-order valence-corrected chi connectivity index (χ2v) is 4.37. The van der Waals surface area contributed by atoms with Gasteiger partial charge in [0.2, 0.25) is 0 Å². The maximum Gasteiger partial charge on any atom is 0.104 e. The van der Waals surface area contributed by atoms with Crippen LogP contribution < -0.4 is 0 Å². The van der Waals surface area contributed by atoms with Crippen LogP contribution in [0.4, 0.5) is 0 Å². The summed E-state index contributed by atoms with van der Waals surface area (Å²) in [5, 5.41) is 0. The molecule has 3 aromatic rings. The predicted octanol–water partition coefficient (Wildman–Crippen LogP) is 3.85. The molecule has 0 spiro atoms. The maximum atomic E-state index is 4.41. The molecule has 3 rings (SSSR count). The molecule has 2 aromatic carbocycles. The summed E-state index contributed by atoms with van der Waals surface area (Å²) in [4.78, 5) is 7.69. The second kappa shape index (κ2) is 3.74. The van der Waals surface area contributed by atoms with E-state index in [1.54, 1.807) is 0 Å². The molecule has 1 N–H and O–H groups in total. The number of aromatic amines is 1. The van der Waals surface area contributed by atoms with E-state index in [-0.39, 0.29) is 0 Å². The molecule has 0 aliphatic rings. The van der Waals surface area contributed by atoms with Crippen LogP contribution in [-0.4, -0.2) is 9.97 Å². The van der Waals surface area contributed by atoms with E-state index in [2.05, 4.69) is 59.4 Å². The molecule has 0 saturated heterocycles. The molecular weight excluding hydrogens is 208 g/mol. The molecule has 84 valence electrons. The molecule has 17 heavy (non-hydrogen) atoms. The van der Waals surface area contributed by atoms with Crippen LogP contribution in [0.1, 0.15) is 11.4 Å². The summed E-state index contributed by atoms with van der Waals surface area (Å²) in [6.07, 6.45) is 0. The van der Waals surface area contributed by atoms with Crippen LogP contribution >= 0.6 is 0 Å². The van der Waals surface area contributed by atoms with E-state index in [0.717, 1.165) is 16.9 Å². The van der Waals surface area contributed by atoms with Crippen molar-refractivity contribution >= 4 is 11.0 Å². The fraction of sp³-hybridized carbons (Fsp3) is 0.133. The first-order chi connectivity index (χ1) is 8.24. The normalized spacial score (nSPS) is 10.9. The number of hydrogen-bond acceptors (Lipinski definition) is 1. The van der Waals surface area contributed by atoms with Gasteiger partial charge >= 0.3 is 0 Å². The van der Waals surface area contributed by atoms with Gasteiger partial charge in [0, 0.05) is 0 Å². The average Bonchev–Trinajstić information content (AvgIpc) is 2.68. The number of aromatic nitrogens is 2. The SMILES string of the molecule is Cc1nc2ccc(-c3ccccc3C)cc2[nH]1. The molecule has 1 aromatic heterocycles. The van der Waals surface area contributed by atoms with E-state index in [9.17, 15) is 0 Å². The van der Waals surface area contributed by atoms with E-state index in [0.29, 0.717) is 0 Å². The summed E-state index contributed by atoms with van der Waals surface area (Å²) in [7, 11) is 0. The Hall–Kier alpha value is -2.09. The maximum absolute atomic E-state index is 4.41. The minimum Gasteiger partial charge on any atom is -0.342 e. The average molecular weight is 222 g/mol. The summed E-state index contributed by atoms with van der Waals surface area (Å²) in [6, 6.07) is 14.8. The van der Waals surface area contributed by atoms with Crippen LogP contribution in [0.15, 0.2) is 42.5 Å². The van der Waals surface area contributed by atoms with Crippen molar-refractivity contribution in [3.8, 4) is 11.1 Å². The number of rotatable bonds is 1. The minimum absolute atomic E-state index is 0.960. The van der Waals surface area contributed by atoms with Crippen LogP contribution in [0.2, 0.25) is 0 Å². The molecule has 0 amide bonds. The van der Waals surface area contributed by atoms with Crippen LogP contribution in [-0.2, 0) is 0 Å². The van der Waals surface area contributed by atoms with Crippen molar-refractivity contribution < 1.29 is 0 Å². The number of fused-ring (bicyclic) bond motifs is 1. The summed E-state index contributed by atoms with van der Waals surface area (Å²) >= 11 is 0. The van der Waals surface area contributed by atoms with E-state index < -0.39 is 0 Å². The molecule has 0 aliphatic carbocycles. The zero-order valence-electron chi connectivity index (χ0n) is 9.99. The largest absolute Gasteiger partial charge is 0.342 e. The van der Waals surface area contributed by atoms with Gasteiger partial charge in [0.25, 0.3) is 0 Å². The van der Waals surface area contributed by atoms with Gasteiger partial charge in [-0.2, -0.15) is 0 Å². The Kier molecular flexibility index (Phi) is 2.22. The number of nitrogens with zero attached hydrogens (tertiary/aromatic N) is 1. The van der Waals surface area contributed by atoms with Gasteiger partial charge in [-0.25, -0.2) is 4.98 Å². The molecule has 2 heteroatoms. The second-order valence-electron chi connectivity index (χ2n) is 4.37. The van der Waals surface area contributed by atoms with E-state index >= 15 is 0 Å². The molecule has 0 radical (unpaired) electrons. The van der Waals surface area contributed by atoms with E-state index in [1.165, 1.54) is 16.7 Å². The predicted molar refractivity (Wildman–Crippen MR) is 71.0 cm³/mol. The summed E-state index contributed by atoms with van der Waals surface area (Å²) in [5.74, 6) is 0.960. The Morgan fingerprint density at radius 3 is 2.65 bits per heavy atom. The van der Waals surface area contributed by atoms with Crippen molar-refractivity contribution in [2.45, 2.75) is 13.8 Å². The Labute approximate surface area is 100 Å². The highest BCUT2D eigenvalue weighted by Crippen LogP contribution is 2.25. The van der Waals surface area contributed by atoms with Crippen molar-refractivity contribution in [1.29, 1.82) is 0 Å². The molecule has 1 heterocycles. The molecule has 2 nitrogen and oxygen atoms in total. The van der Waals surface area contributed by atoms with E-state index in [4.69, 9.17) is 0 Å². The number of aryl methyl sites for hydroxylation is 2. The quantitative estimate of drug-likeness (QED) is 0.665. The smallest absolute Gasteiger partial charge is 0.104 e. The molecule has 0 aliphatic heterocycles. The Bertz CT molecular complexity index is 680. The van der Waals surface area contributed by atoms with Gasteiger partial charge in [-0.05, 0) is 42.7 Å². The third-order valence-corrected chi connectivity index (χ3v) is 3.06. The van der Waals surface area contributed by atoms with Crippen molar-refractivity contribution in [2.75, 3.05) is 0 Å². The molecular formula is C15H14N2. The third kappa shape index (κ3) is 1.72. The van der Waals surface area contributed by atoms with Gasteiger partial charge in [0.1, 0.15) is 5.82 Å². The number of benzene rings is 2. The number of nitrogens with one attached hydrogen (secondary N) is 1. The van der Waals surface area contributed by atoms with Gasteiger partial charge in [-0.3, -0.25) is 0 Å². The zero-order valence-corrected chi connectivity index (χ0v) is 9.99. The minimum atomic E-state index is 0.960. The standard InChI is InChI=1S/C15H14N2/c1-10-5-3-4-6-13(10)12-7-8-14-15(9-12)17-11(2)16-14/h3-9H,1-2H3,(H,16,17). The van der Waals surface area contributed by atoms with Crippen molar-refractivity contribution in [2.24, 2.45) is 0 Å². The van der Waals surface area contributed by atoms with Gasteiger partial charge in [0.15, 0.2) is 0 Å². The topological polar surface area (TPSA) is 28.7 Å². The van der Waals surface area contributed by atoms with Gasteiger partial charge < -0.3 is 4.98 Å². The van der Waals surface area contributed by atoms with E-state index in [1.807, 2.05) is 6.92 Å². The first kappa shape index (κ1) is 10.1. The van der Waals surface area contributed by atoms with Crippen LogP contribution in [0.3, 0.4) is 0 Å². The molecule has 0 fully saturated rings. The fourth-order valence-electron chi connectivity index (χ4n) is 2.20. The van der Waals surface area contributed by atoms with Crippen molar-refractivity contribution in [3.05, 3.63) is 53.9 Å². The Morgan fingerprint density at radius 2 is 1.82 bits per heavy atom. The van der Waals surface area contributed by atoms with Crippen LogP contribution in [0, 0.1) is 13.8 Å². The molecule has 0 bridgehead atoms. The van der Waals surface area contributed by atoms with Gasteiger partial charge in [0.05, 0.1) is 11.0 Å². The third-order valence-electron chi connectivity index (χ3n) is 3.06. The molecule has 0 saturated carbocycles. The van der Waals surface area contributed by atoms with Gasteiger partial charge in [-0.15, -0.1) is 0 Å². The van der Waals surface area contributed by atoms with Crippen molar-refractivity contribution in [1.82, 2.24) is 9.97 Å². The monoisotopic (exact) mass is 222 g/mol. The first-order valence-corrected chi connectivity index (χ1v) is 5.76. The summed E-state index contributed by atoms with van der Waals surface area (Å²) in [6.45, 7) is 4.12. The lowest BCUT2D eigenvalue weighted by atomic mass is 10.0. The fourth-order valence-corrected chi connectivity index (χ4v) is 2.20. The highest BCUT2D eigenvalue weighted by molar-refractivity contribution is 5.82. The number of imidazole rings is 1. The lowest BCUT2D eigenvalue weighted by Crippen LogP contribution is -1.82. The highest BCUT2D eigenvalue weighted by Gasteiger charge is 2.04. The number of hydrogen-bond donors (Lipinski definition) is 1. The molecule has 0 atom stereocenters. The van der Waals surface area contributed by atoms with Crippen LogP contribution in [0.25, 0.3) is 22.2 Å². The number of H-pyrrole nitrogens is 1. The molecule has 0 unspecified atom stereocenters. The van der Waals surface area contributed by atoms with Gasteiger partial charge in [-0.1, -0.05) is 30.3 Å². The van der Waals surface area contributed by atoms with Crippen LogP contribution in [0.5, 0.6) is 0 Å². The van der Waals surface area contributed by atoms with Crippen molar-refractivity contribution in [3.63, 3.8) is 0 Å². The Morgan fingerprint density at radius 1 is 1.00 bits per heavy atom. The highest BCUT2D eigenvalue weighted by atomic mass is 14.9. The Balaban J connectivity index is 2.21. The summed E-state index contributed by atoms with van der Waals surface area (Å²) < 4.78 is 0. The summed E-state index contributed by atoms with van der Waals surface area (Å²) in [5.41, 5.74) is 5.94. The zero-order chi connectivity index (χ0) is 11.8. The lowest BCUT2D eigenvalue weighted by molar-refractivity contribution is 1.17. The lowest BCUT2D eigenvalue weighted by Gasteiger charge is -2.05. The first-order valence-electron chi connectivity index (χ1n) is 5.76.